The molecule has 1 spiro atoms. The van der Waals surface area contributed by atoms with Crippen LogP contribution in [0.2, 0.25) is 0 Å². The minimum absolute atomic E-state index is 0.250. The van der Waals surface area contributed by atoms with Gasteiger partial charge in [-0.05, 0) is 37.4 Å². The molecule has 0 radical (unpaired) electrons. The average Bonchev–Trinajstić information content (AvgIpc) is 3.41. The summed E-state index contributed by atoms with van der Waals surface area (Å²) >= 11 is 1.69. The Morgan fingerprint density at radius 2 is 2.36 bits per heavy atom. The predicted molar refractivity (Wildman–Crippen MR) is 108 cm³/mol. The number of hydrogen-bond acceptors (Lipinski definition) is 6. The number of fused-ring (bicyclic) bond motifs is 1. The van der Waals surface area contributed by atoms with Crippen LogP contribution in [0.15, 0.2) is 23.6 Å². The number of nitrogens with one attached hydrogen (secondary N) is 1. The number of thiophene rings is 1. The van der Waals surface area contributed by atoms with Gasteiger partial charge in [-0.1, -0.05) is 6.07 Å². The minimum atomic E-state index is -3.17. The molecule has 3 aliphatic rings. The van der Waals surface area contributed by atoms with Crippen LogP contribution in [-0.2, 0) is 21.3 Å². The van der Waals surface area contributed by atoms with Gasteiger partial charge in [-0.2, -0.15) is 9.40 Å². The van der Waals surface area contributed by atoms with Gasteiger partial charge in [-0.15, -0.1) is 11.3 Å². The van der Waals surface area contributed by atoms with E-state index < -0.39 is 10.0 Å². The first kappa shape index (κ1) is 18.7. The topological polar surface area (TPSA) is 78.5 Å². The van der Waals surface area contributed by atoms with Gasteiger partial charge in [0.1, 0.15) is 5.69 Å². The molecule has 5 heterocycles. The van der Waals surface area contributed by atoms with Crippen LogP contribution in [-0.4, -0.2) is 72.5 Å². The lowest BCUT2D eigenvalue weighted by molar-refractivity contribution is 0.00720. The van der Waals surface area contributed by atoms with Gasteiger partial charge < -0.3 is 9.64 Å². The summed E-state index contributed by atoms with van der Waals surface area (Å²) < 4.78 is 32.1. The average molecular weight is 423 g/mol. The van der Waals surface area contributed by atoms with Crippen molar-refractivity contribution < 1.29 is 13.2 Å². The molecule has 3 aliphatic heterocycles. The highest BCUT2D eigenvalue weighted by atomic mass is 32.2. The first-order valence-corrected chi connectivity index (χ1v) is 12.5. The second-order valence-corrected chi connectivity index (χ2v) is 11.5. The van der Waals surface area contributed by atoms with Gasteiger partial charge in [0.15, 0.2) is 0 Å². The maximum Gasteiger partial charge on any atom is 0.211 e. The standard InChI is InChI=1S/C19H26N4O3S2/c1-22(9-13-8-16(21-20-13)18-4-3-7-27-18)10-14-15-11-23(28(2,24)25)12-19(15)6-5-17(14)26-19/h3-4,7-8,14-15,17H,5-6,9-12H2,1-2H3,(H,20,21)/t14-,15+,17+,19+/m0/s1. The van der Waals surface area contributed by atoms with Crippen molar-refractivity contribution in [1.82, 2.24) is 19.4 Å². The zero-order valence-corrected chi connectivity index (χ0v) is 17.8. The van der Waals surface area contributed by atoms with Crippen molar-refractivity contribution in [3.63, 3.8) is 0 Å². The Labute approximate surface area is 169 Å². The van der Waals surface area contributed by atoms with E-state index in [2.05, 4.69) is 39.7 Å². The molecule has 9 heteroatoms. The molecule has 0 aromatic carbocycles. The first-order valence-electron chi connectivity index (χ1n) is 9.74. The number of aromatic amines is 1. The number of rotatable bonds is 6. The molecule has 0 unspecified atom stereocenters. The molecule has 2 aromatic rings. The van der Waals surface area contributed by atoms with Gasteiger partial charge in [0.2, 0.25) is 10.0 Å². The summed E-state index contributed by atoms with van der Waals surface area (Å²) in [6.07, 6.45) is 3.60. The van der Waals surface area contributed by atoms with Crippen LogP contribution < -0.4 is 0 Å². The Hall–Kier alpha value is -1.26. The molecule has 0 amide bonds. The fraction of sp³-hybridized carbons (Fsp3) is 0.632. The second kappa shape index (κ2) is 6.63. The van der Waals surface area contributed by atoms with Gasteiger partial charge >= 0.3 is 0 Å². The largest absolute Gasteiger partial charge is 0.370 e. The molecule has 3 fully saturated rings. The van der Waals surface area contributed by atoms with Crippen molar-refractivity contribution in [2.75, 3.05) is 32.9 Å². The van der Waals surface area contributed by atoms with Crippen LogP contribution in [0.4, 0.5) is 0 Å². The fourth-order valence-corrected chi connectivity index (χ4v) is 6.92. The van der Waals surface area contributed by atoms with E-state index in [-0.39, 0.29) is 11.7 Å². The molecule has 2 aromatic heterocycles. The number of ether oxygens (including phenoxy) is 1. The molecule has 5 rings (SSSR count). The van der Waals surface area contributed by atoms with Crippen molar-refractivity contribution >= 4 is 21.4 Å². The molecule has 0 saturated carbocycles. The Morgan fingerprint density at radius 3 is 3.11 bits per heavy atom. The summed E-state index contributed by atoms with van der Waals surface area (Å²) in [6.45, 7) is 2.82. The number of H-pyrrole nitrogens is 1. The van der Waals surface area contributed by atoms with Gasteiger partial charge in [0.25, 0.3) is 0 Å². The second-order valence-electron chi connectivity index (χ2n) is 8.54. The number of nitrogens with zero attached hydrogens (tertiary/aromatic N) is 3. The first-order chi connectivity index (χ1) is 13.3. The quantitative estimate of drug-likeness (QED) is 0.770. The molecule has 2 bridgehead atoms. The highest BCUT2D eigenvalue weighted by Crippen LogP contribution is 2.55. The van der Waals surface area contributed by atoms with Gasteiger partial charge in [-0.3, -0.25) is 5.10 Å². The summed E-state index contributed by atoms with van der Waals surface area (Å²) in [5.74, 6) is 0.678. The van der Waals surface area contributed by atoms with E-state index in [0.29, 0.717) is 24.9 Å². The zero-order chi connectivity index (χ0) is 19.5. The Balaban J connectivity index is 1.26. The molecule has 7 nitrogen and oxygen atoms in total. The van der Waals surface area contributed by atoms with Crippen molar-refractivity contribution in [2.45, 2.75) is 31.1 Å². The van der Waals surface area contributed by atoms with Crippen LogP contribution >= 0.6 is 11.3 Å². The van der Waals surface area contributed by atoms with Crippen LogP contribution in [0.3, 0.4) is 0 Å². The number of aromatic nitrogens is 2. The van der Waals surface area contributed by atoms with Crippen LogP contribution in [0.1, 0.15) is 18.5 Å². The Kier molecular flexibility index (Phi) is 4.44. The van der Waals surface area contributed by atoms with E-state index in [1.807, 2.05) is 6.07 Å². The summed E-state index contributed by atoms with van der Waals surface area (Å²) in [6, 6.07) is 6.23. The SMILES string of the molecule is CN(Cc1cc(-c2cccs2)n[nH]1)C[C@H]1[C@H]2CN(S(C)(=O)=O)C[C@]23CC[C@H]1O3. The van der Waals surface area contributed by atoms with Crippen molar-refractivity contribution in [3.8, 4) is 10.6 Å². The third-order valence-electron chi connectivity index (χ3n) is 6.59. The fourth-order valence-electron chi connectivity index (χ4n) is 5.35. The summed E-state index contributed by atoms with van der Waals surface area (Å²) in [4.78, 5) is 3.47. The lowest BCUT2D eigenvalue weighted by atomic mass is 9.73. The van der Waals surface area contributed by atoms with Crippen LogP contribution in [0, 0.1) is 11.8 Å². The lowest BCUT2D eigenvalue weighted by Crippen LogP contribution is -2.41. The maximum atomic E-state index is 12.1. The van der Waals surface area contributed by atoms with E-state index in [1.165, 1.54) is 11.1 Å². The summed E-state index contributed by atoms with van der Waals surface area (Å²) in [5, 5.41) is 9.64. The molecule has 28 heavy (non-hydrogen) atoms. The van der Waals surface area contributed by atoms with Crippen molar-refractivity contribution in [3.05, 3.63) is 29.3 Å². The van der Waals surface area contributed by atoms with E-state index >= 15 is 0 Å². The Morgan fingerprint density at radius 1 is 1.50 bits per heavy atom. The molecular formula is C19H26N4O3S2. The molecule has 3 saturated heterocycles. The highest BCUT2D eigenvalue weighted by Gasteiger charge is 2.64. The third-order valence-corrected chi connectivity index (χ3v) is 8.70. The van der Waals surface area contributed by atoms with E-state index in [4.69, 9.17) is 4.74 Å². The summed E-state index contributed by atoms with van der Waals surface area (Å²) in [7, 11) is -1.05. The molecule has 4 atom stereocenters. The van der Waals surface area contributed by atoms with Crippen molar-refractivity contribution in [1.29, 1.82) is 0 Å². The van der Waals surface area contributed by atoms with Gasteiger partial charge in [-0.25, -0.2) is 8.42 Å². The molecular weight excluding hydrogens is 396 g/mol. The van der Waals surface area contributed by atoms with Gasteiger partial charge in [0.05, 0.1) is 22.8 Å². The summed E-state index contributed by atoms with van der Waals surface area (Å²) in [5.41, 5.74) is 1.83. The smallest absolute Gasteiger partial charge is 0.211 e. The Bertz CT molecular complexity index is 958. The third kappa shape index (κ3) is 3.13. The molecule has 152 valence electrons. The van der Waals surface area contributed by atoms with E-state index in [0.717, 1.165) is 37.3 Å². The monoisotopic (exact) mass is 422 g/mol. The van der Waals surface area contributed by atoms with Crippen LogP contribution in [0.5, 0.6) is 0 Å². The number of sulfonamides is 1. The van der Waals surface area contributed by atoms with E-state index in [1.54, 1.807) is 15.6 Å². The highest BCUT2D eigenvalue weighted by molar-refractivity contribution is 7.88. The van der Waals surface area contributed by atoms with Gasteiger partial charge in [0, 0.05) is 43.7 Å². The normalized spacial score (nSPS) is 32.5. The predicted octanol–water partition coefficient (Wildman–Crippen LogP) is 2.01. The molecule has 1 N–H and O–H groups in total. The lowest BCUT2D eigenvalue weighted by Gasteiger charge is -2.32. The van der Waals surface area contributed by atoms with E-state index in [9.17, 15) is 8.42 Å². The number of hydrogen-bond donors (Lipinski definition) is 1. The zero-order valence-electron chi connectivity index (χ0n) is 16.2. The van der Waals surface area contributed by atoms with Crippen LogP contribution in [0.25, 0.3) is 10.6 Å². The van der Waals surface area contributed by atoms with Crippen molar-refractivity contribution in [2.24, 2.45) is 11.8 Å². The maximum absolute atomic E-state index is 12.1. The minimum Gasteiger partial charge on any atom is -0.370 e. The molecule has 0 aliphatic carbocycles.